The highest BCUT2D eigenvalue weighted by atomic mass is 32.1. The van der Waals surface area contributed by atoms with Gasteiger partial charge in [-0.2, -0.15) is 0 Å². The van der Waals surface area contributed by atoms with Crippen molar-refractivity contribution >= 4 is 22.9 Å². The number of hydrogen-bond acceptors (Lipinski definition) is 4. The molecule has 2 aromatic rings. The van der Waals surface area contributed by atoms with E-state index >= 15 is 0 Å². The molecule has 0 unspecified atom stereocenters. The molecule has 2 rings (SSSR count). The summed E-state index contributed by atoms with van der Waals surface area (Å²) < 4.78 is 0. The monoisotopic (exact) mass is 285 g/mol. The number of carbonyl (C=O) groups is 1. The number of nitrogens with one attached hydrogen (secondary N) is 1. The van der Waals surface area contributed by atoms with E-state index in [1.54, 1.807) is 12.3 Å². The molecule has 0 fully saturated rings. The fourth-order valence-electron chi connectivity index (χ4n) is 1.65. The van der Waals surface area contributed by atoms with Crippen molar-refractivity contribution in [3.63, 3.8) is 0 Å². The zero-order valence-electron chi connectivity index (χ0n) is 11.4. The smallest absolute Gasteiger partial charge is 0.265 e. The first-order valence-corrected chi connectivity index (χ1v) is 6.96. The van der Waals surface area contributed by atoms with Gasteiger partial charge in [-0.25, -0.2) is 0 Å². The Bertz CT molecular complexity index is 695. The summed E-state index contributed by atoms with van der Waals surface area (Å²) in [6, 6.07) is 5.46. The van der Waals surface area contributed by atoms with Crippen LogP contribution in [0, 0.1) is 25.7 Å². The molecule has 102 valence electrons. The molecular formula is C15H15N3OS. The Morgan fingerprint density at radius 3 is 3.00 bits per heavy atom. The van der Waals surface area contributed by atoms with Crippen LogP contribution in [0.1, 0.15) is 25.8 Å². The van der Waals surface area contributed by atoms with Gasteiger partial charge in [-0.1, -0.05) is 11.8 Å². The highest BCUT2D eigenvalue weighted by molar-refractivity contribution is 7.14. The lowest BCUT2D eigenvalue weighted by atomic mass is 10.2. The van der Waals surface area contributed by atoms with Gasteiger partial charge in [0.15, 0.2) is 0 Å². The first-order chi connectivity index (χ1) is 9.61. The summed E-state index contributed by atoms with van der Waals surface area (Å²) in [5.41, 5.74) is 7.86. The quantitative estimate of drug-likeness (QED) is 0.832. The number of hydrogen-bond donors (Lipinski definition) is 2. The fraction of sp³-hybridized carbons (Fsp3) is 0.200. The third-order valence-electron chi connectivity index (χ3n) is 2.70. The van der Waals surface area contributed by atoms with Gasteiger partial charge >= 0.3 is 0 Å². The Kier molecular flexibility index (Phi) is 4.51. The number of nitrogens with two attached hydrogens (primary N) is 1. The SMILES string of the molecule is Cc1cc(C(=O)Nc2cccnc2C)sc1C#CCN. The van der Waals surface area contributed by atoms with Crippen molar-refractivity contribution in [1.82, 2.24) is 4.98 Å². The van der Waals surface area contributed by atoms with Crippen LogP contribution in [0.3, 0.4) is 0 Å². The van der Waals surface area contributed by atoms with Crippen molar-refractivity contribution in [1.29, 1.82) is 0 Å². The topological polar surface area (TPSA) is 68.0 Å². The average molecular weight is 285 g/mol. The van der Waals surface area contributed by atoms with E-state index in [-0.39, 0.29) is 5.91 Å². The van der Waals surface area contributed by atoms with Gasteiger partial charge in [0.1, 0.15) is 0 Å². The Hall–Kier alpha value is -2.16. The maximum absolute atomic E-state index is 12.2. The number of anilines is 1. The van der Waals surface area contributed by atoms with E-state index in [1.165, 1.54) is 11.3 Å². The number of aryl methyl sites for hydroxylation is 2. The van der Waals surface area contributed by atoms with E-state index in [0.717, 1.165) is 21.8 Å². The standard InChI is InChI=1S/C15H15N3OS/c1-10-9-14(20-13(10)6-3-7-16)15(19)18-12-5-4-8-17-11(12)2/h4-5,8-9H,7,16H2,1-2H3,(H,18,19). The number of aromatic nitrogens is 1. The highest BCUT2D eigenvalue weighted by Crippen LogP contribution is 2.22. The van der Waals surface area contributed by atoms with E-state index in [9.17, 15) is 4.79 Å². The van der Waals surface area contributed by atoms with Crippen LogP contribution in [-0.4, -0.2) is 17.4 Å². The molecule has 1 amide bonds. The summed E-state index contributed by atoms with van der Waals surface area (Å²) in [6.45, 7) is 4.10. The summed E-state index contributed by atoms with van der Waals surface area (Å²) in [4.78, 5) is 17.9. The summed E-state index contributed by atoms with van der Waals surface area (Å²) in [5, 5.41) is 2.86. The van der Waals surface area contributed by atoms with Gasteiger partial charge in [0.25, 0.3) is 5.91 Å². The molecular weight excluding hydrogens is 270 g/mol. The Morgan fingerprint density at radius 1 is 1.50 bits per heavy atom. The van der Waals surface area contributed by atoms with Crippen LogP contribution < -0.4 is 11.1 Å². The Morgan fingerprint density at radius 2 is 2.30 bits per heavy atom. The first-order valence-electron chi connectivity index (χ1n) is 6.14. The number of amides is 1. The predicted octanol–water partition coefficient (Wildman–Crippen LogP) is 2.32. The molecule has 0 aliphatic rings. The van der Waals surface area contributed by atoms with Gasteiger partial charge in [-0.15, -0.1) is 11.3 Å². The van der Waals surface area contributed by atoms with E-state index in [2.05, 4.69) is 22.1 Å². The lowest BCUT2D eigenvalue weighted by Gasteiger charge is -2.05. The van der Waals surface area contributed by atoms with Gasteiger partial charge in [0, 0.05) is 6.20 Å². The molecule has 4 nitrogen and oxygen atoms in total. The summed E-state index contributed by atoms with van der Waals surface area (Å²) in [7, 11) is 0. The van der Waals surface area contributed by atoms with Gasteiger partial charge in [-0.05, 0) is 37.6 Å². The average Bonchev–Trinajstić information content (AvgIpc) is 2.80. The van der Waals surface area contributed by atoms with Crippen molar-refractivity contribution in [2.75, 3.05) is 11.9 Å². The molecule has 0 radical (unpaired) electrons. The molecule has 0 aliphatic carbocycles. The Balaban J connectivity index is 2.20. The molecule has 0 aromatic carbocycles. The van der Waals surface area contributed by atoms with E-state index in [1.807, 2.05) is 26.0 Å². The zero-order valence-corrected chi connectivity index (χ0v) is 12.2. The molecule has 0 saturated carbocycles. The molecule has 20 heavy (non-hydrogen) atoms. The van der Waals surface area contributed by atoms with Crippen LogP contribution in [0.25, 0.3) is 0 Å². The summed E-state index contributed by atoms with van der Waals surface area (Å²) in [6.07, 6.45) is 1.70. The minimum atomic E-state index is -0.144. The summed E-state index contributed by atoms with van der Waals surface area (Å²) in [5.74, 6) is 5.63. The third-order valence-corrected chi connectivity index (χ3v) is 3.85. The van der Waals surface area contributed by atoms with Crippen molar-refractivity contribution in [2.24, 2.45) is 5.73 Å². The molecule has 2 aromatic heterocycles. The zero-order chi connectivity index (χ0) is 14.5. The lowest BCUT2D eigenvalue weighted by molar-refractivity contribution is 0.103. The molecule has 0 spiro atoms. The molecule has 2 heterocycles. The van der Waals surface area contributed by atoms with Crippen molar-refractivity contribution in [3.05, 3.63) is 45.4 Å². The second-order valence-corrected chi connectivity index (χ2v) is 5.27. The first kappa shape index (κ1) is 14.3. The highest BCUT2D eigenvalue weighted by Gasteiger charge is 2.12. The second kappa shape index (κ2) is 6.33. The van der Waals surface area contributed by atoms with E-state index in [0.29, 0.717) is 11.4 Å². The molecule has 0 atom stereocenters. The maximum atomic E-state index is 12.2. The fourth-order valence-corrected chi connectivity index (χ4v) is 2.59. The lowest BCUT2D eigenvalue weighted by Crippen LogP contribution is -2.11. The van der Waals surface area contributed by atoms with Gasteiger partial charge in [0.2, 0.25) is 0 Å². The van der Waals surface area contributed by atoms with Crippen molar-refractivity contribution in [2.45, 2.75) is 13.8 Å². The largest absolute Gasteiger partial charge is 0.320 e. The molecule has 0 bridgehead atoms. The second-order valence-electron chi connectivity index (χ2n) is 4.22. The minimum Gasteiger partial charge on any atom is -0.320 e. The van der Waals surface area contributed by atoms with Gasteiger partial charge in [0.05, 0.1) is 27.7 Å². The number of nitrogens with zero attached hydrogens (tertiary/aromatic N) is 1. The number of pyridine rings is 1. The molecule has 0 saturated heterocycles. The van der Waals surface area contributed by atoms with Crippen LogP contribution in [0.4, 0.5) is 5.69 Å². The summed E-state index contributed by atoms with van der Waals surface area (Å²) >= 11 is 1.37. The Labute approximate surface area is 122 Å². The van der Waals surface area contributed by atoms with Crippen molar-refractivity contribution < 1.29 is 4.79 Å². The van der Waals surface area contributed by atoms with Crippen LogP contribution in [-0.2, 0) is 0 Å². The van der Waals surface area contributed by atoms with Gasteiger partial charge < -0.3 is 11.1 Å². The van der Waals surface area contributed by atoms with Crippen LogP contribution in [0.2, 0.25) is 0 Å². The molecule has 0 aliphatic heterocycles. The maximum Gasteiger partial charge on any atom is 0.265 e. The third kappa shape index (κ3) is 3.23. The van der Waals surface area contributed by atoms with Crippen LogP contribution in [0.15, 0.2) is 24.4 Å². The van der Waals surface area contributed by atoms with Gasteiger partial charge in [-0.3, -0.25) is 9.78 Å². The van der Waals surface area contributed by atoms with Crippen LogP contribution >= 0.6 is 11.3 Å². The predicted molar refractivity (Wildman–Crippen MR) is 81.9 cm³/mol. The molecule has 5 heteroatoms. The number of rotatable bonds is 2. The van der Waals surface area contributed by atoms with E-state index < -0.39 is 0 Å². The van der Waals surface area contributed by atoms with E-state index in [4.69, 9.17) is 5.73 Å². The number of carbonyl (C=O) groups excluding carboxylic acids is 1. The minimum absolute atomic E-state index is 0.144. The van der Waals surface area contributed by atoms with Crippen molar-refractivity contribution in [3.8, 4) is 11.8 Å². The van der Waals surface area contributed by atoms with Crippen LogP contribution in [0.5, 0.6) is 0 Å². The molecule has 3 N–H and O–H groups in total. The normalized spacial score (nSPS) is 9.75. The number of thiophene rings is 1.